The van der Waals surface area contributed by atoms with Crippen LogP contribution in [0.25, 0.3) is 0 Å². The van der Waals surface area contributed by atoms with Gasteiger partial charge in [-0.3, -0.25) is 9.69 Å². The molecule has 0 bridgehead atoms. The van der Waals surface area contributed by atoms with E-state index in [0.29, 0.717) is 19.6 Å². The Kier molecular flexibility index (Phi) is 8.96. The Morgan fingerprint density at radius 2 is 1.56 bits per heavy atom. The van der Waals surface area contributed by atoms with Gasteiger partial charge in [0.05, 0.1) is 19.8 Å². The molecule has 0 spiro atoms. The molecule has 1 aliphatic heterocycles. The number of nitrogens with zero attached hydrogens (tertiary/aromatic N) is 2. The highest BCUT2D eigenvalue weighted by Crippen LogP contribution is 2.25. The highest BCUT2D eigenvalue weighted by molar-refractivity contribution is 6.27. The highest BCUT2D eigenvalue weighted by Gasteiger charge is 2.24. The van der Waals surface area contributed by atoms with Gasteiger partial charge in [-0.15, -0.1) is 0 Å². The van der Waals surface area contributed by atoms with Crippen molar-refractivity contribution in [3.8, 4) is 11.5 Å². The van der Waals surface area contributed by atoms with Crippen LogP contribution >= 0.6 is 0 Å². The van der Waals surface area contributed by atoms with Gasteiger partial charge in [0, 0.05) is 38.3 Å². The minimum Gasteiger partial charge on any atom is -0.497 e. The topological polar surface area (TPSA) is 117 Å². The Morgan fingerprint density at radius 3 is 2.09 bits per heavy atom. The van der Waals surface area contributed by atoms with Crippen molar-refractivity contribution in [2.45, 2.75) is 6.54 Å². The molecule has 0 atom stereocenters. The third kappa shape index (κ3) is 6.67. The van der Waals surface area contributed by atoms with Crippen molar-refractivity contribution in [3.05, 3.63) is 59.4 Å². The van der Waals surface area contributed by atoms with Gasteiger partial charge in [0.1, 0.15) is 17.3 Å². The summed E-state index contributed by atoms with van der Waals surface area (Å²) in [4.78, 5) is 34.7. The van der Waals surface area contributed by atoms with Crippen molar-refractivity contribution in [1.29, 1.82) is 0 Å². The fraction of sp³-hybridized carbons (Fsp3) is 0.318. The molecule has 172 valence electrons. The summed E-state index contributed by atoms with van der Waals surface area (Å²) in [5, 5.41) is 14.8. The lowest BCUT2D eigenvalue weighted by molar-refractivity contribution is -0.159. The lowest BCUT2D eigenvalue weighted by atomic mass is 10.1. The lowest BCUT2D eigenvalue weighted by Gasteiger charge is -2.35. The molecule has 1 fully saturated rings. The zero-order valence-electron chi connectivity index (χ0n) is 17.8. The summed E-state index contributed by atoms with van der Waals surface area (Å²) in [5.74, 6) is -2.77. The monoisotopic (exact) mass is 448 g/mol. The number of ether oxygens (including phenoxy) is 2. The SMILES string of the molecule is COc1ccc(OC)c(CN2CCN(C(=O)c3ccccc3F)CC2)c1.O=C(O)C(=O)O. The molecule has 1 aliphatic rings. The second-order valence-corrected chi connectivity index (χ2v) is 6.84. The van der Waals surface area contributed by atoms with Gasteiger partial charge in [-0.2, -0.15) is 0 Å². The van der Waals surface area contributed by atoms with E-state index < -0.39 is 17.8 Å². The Morgan fingerprint density at radius 1 is 0.938 bits per heavy atom. The van der Waals surface area contributed by atoms with Gasteiger partial charge >= 0.3 is 11.9 Å². The summed E-state index contributed by atoms with van der Waals surface area (Å²) in [7, 11) is 3.29. The number of aliphatic carboxylic acids is 2. The number of benzene rings is 2. The number of carboxylic acids is 2. The molecule has 0 aromatic heterocycles. The van der Waals surface area contributed by atoms with Crippen LogP contribution in [0.15, 0.2) is 42.5 Å². The number of halogens is 1. The number of methoxy groups -OCH3 is 2. The van der Waals surface area contributed by atoms with E-state index in [1.54, 1.807) is 31.3 Å². The van der Waals surface area contributed by atoms with E-state index in [9.17, 15) is 9.18 Å². The zero-order valence-corrected chi connectivity index (χ0v) is 17.8. The summed E-state index contributed by atoms with van der Waals surface area (Å²) in [5.41, 5.74) is 1.18. The average Bonchev–Trinajstić information content (AvgIpc) is 2.79. The van der Waals surface area contributed by atoms with E-state index in [2.05, 4.69) is 4.90 Å². The fourth-order valence-corrected chi connectivity index (χ4v) is 3.16. The first-order valence-electron chi connectivity index (χ1n) is 9.70. The number of carbonyl (C=O) groups is 3. The Labute approximate surface area is 184 Å². The number of hydrogen-bond acceptors (Lipinski definition) is 6. The standard InChI is InChI=1S/C20H23FN2O3.C2H2O4/c1-25-16-7-8-19(26-2)15(13-16)14-22-9-11-23(12-10-22)20(24)17-5-3-4-6-18(17)21;3-1(4)2(5)6/h3-8,13H,9-12,14H2,1-2H3;(H,3,4)(H,5,6). The van der Waals surface area contributed by atoms with Gasteiger partial charge < -0.3 is 24.6 Å². The van der Waals surface area contributed by atoms with Gasteiger partial charge in [0.25, 0.3) is 5.91 Å². The molecule has 0 aliphatic carbocycles. The van der Waals surface area contributed by atoms with Crippen LogP contribution in [0.4, 0.5) is 4.39 Å². The fourth-order valence-electron chi connectivity index (χ4n) is 3.16. The number of piperazine rings is 1. The molecule has 1 saturated heterocycles. The largest absolute Gasteiger partial charge is 0.497 e. The number of carbonyl (C=O) groups excluding carboxylic acids is 1. The molecule has 1 amide bonds. The maximum Gasteiger partial charge on any atom is 0.414 e. The second-order valence-electron chi connectivity index (χ2n) is 6.84. The first kappa shape index (κ1) is 24.6. The van der Waals surface area contributed by atoms with E-state index >= 15 is 0 Å². The van der Waals surface area contributed by atoms with Crippen molar-refractivity contribution in [1.82, 2.24) is 9.80 Å². The van der Waals surface area contributed by atoms with Crippen LogP contribution in [0, 0.1) is 5.82 Å². The minimum atomic E-state index is -1.82. The number of rotatable bonds is 5. The molecule has 1 heterocycles. The highest BCUT2D eigenvalue weighted by atomic mass is 19.1. The summed E-state index contributed by atoms with van der Waals surface area (Å²) in [6.45, 7) is 3.29. The van der Waals surface area contributed by atoms with Crippen LogP contribution in [0.1, 0.15) is 15.9 Å². The normalized spacial score (nSPS) is 13.5. The summed E-state index contributed by atoms with van der Waals surface area (Å²) in [6, 6.07) is 11.9. The molecule has 9 nitrogen and oxygen atoms in total. The summed E-state index contributed by atoms with van der Waals surface area (Å²) >= 11 is 0. The molecule has 0 unspecified atom stereocenters. The lowest BCUT2D eigenvalue weighted by Crippen LogP contribution is -2.48. The van der Waals surface area contributed by atoms with E-state index in [-0.39, 0.29) is 11.5 Å². The second kappa shape index (κ2) is 11.7. The average molecular weight is 448 g/mol. The molecule has 3 rings (SSSR count). The Bertz CT molecular complexity index is 947. The van der Waals surface area contributed by atoms with Gasteiger partial charge in [-0.05, 0) is 30.3 Å². The third-order valence-electron chi connectivity index (χ3n) is 4.83. The van der Waals surface area contributed by atoms with Crippen LogP contribution in [0.5, 0.6) is 11.5 Å². The summed E-state index contributed by atoms with van der Waals surface area (Å²) in [6.07, 6.45) is 0. The Hall–Kier alpha value is -3.66. The molecule has 0 saturated carbocycles. The van der Waals surface area contributed by atoms with Crippen LogP contribution in [0.2, 0.25) is 0 Å². The first-order valence-corrected chi connectivity index (χ1v) is 9.70. The van der Waals surface area contributed by atoms with E-state index in [4.69, 9.17) is 29.3 Å². The quantitative estimate of drug-likeness (QED) is 0.667. The van der Waals surface area contributed by atoms with Gasteiger partial charge in [-0.1, -0.05) is 12.1 Å². The zero-order chi connectivity index (χ0) is 23.7. The van der Waals surface area contributed by atoms with Crippen molar-refractivity contribution < 1.29 is 38.5 Å². The van der Waals surface area contributed by atoms with Gasteiger partial charge in [0.15, 0.2) is 0 Å². The first-order chi connectivity index (χ1) is 15.3. The minimum absolute atomic E-state index is 0.135. The van der Waals surface area contributed by atoms with Crippen LogP contribution in [-0.4, -0.2) is 78.3 Å². The molecular weight excluding hydrogens is 423 g/mol. The molecule has 10 heteroatoms. The van der Waals surface area contributed by atoms with Gasteiger partial charge in [-0.25, -0.2) is 14.0 Å². The third-order valence-corrected chi connectivity index (χ3v) is 4.83. The van der Waals surface area contributed by atoms with Gasteiger partial charge in [0.2, 0.25) is 0 Å². The van der Waals surface area contributed by atoms with Crippen molar-refractivity contribution in [2.75, 3.05) is 40.4 Å². The number of amides is 1. The number of carboxylic acid groups (broad SMARTS) is 2. The Balaban J connectivity index is 0.000000534. The molecule has 2 aromatic carbocycles. The van der Waals surface area contributed by atoms with E-state index in [1.165, 1.54) is 12.1 Å². The van der Waals surface area contributed by atoms with E-state index in [1.807, 2.05) is 18.2 Å². The smallest absolute Gasteiger partial charge is 0.414 e. The maximum absolute atomic E-state index is 13.8. The van der Waals surface area contributed by atoms with Crippen LogP contribution in [0.3, 0.4) is 0 Å². The van der Waals surface area contributed by atoms with Crippen molar-refractivity contribution in [3.63, 3.8) is 0 Å². The van der Waals surface area contributed by atoms with Crippen LogP contribution < -0.4 is 9.47 Å². The predicted octanol–water partition coefficient (Wildman–Crippen LogP) is 1.96. The molecule has 2 N–H and O–H groups in total. The molecule has 2 aromatic rings. The molecular formula is C22H25FN2O7. The predicted molar refractivity (Wildman–Crippen MR) is 112 cm³/mol. The van der Waals surface area contributed by atoms with Crippen molar-refractivity contribution >= 4 is 17.8 Å². The number of hydrogen-bond donors (Lipinski definition) is 2. The molecule has 32 heavy (non-hydrogen) atoms. The molecule has 0 radical (unpaired) electrons. The van der Waals surface area contributed by atoms with E-state index in [0.717, 1.165) is 30.2 Å². The maximum atomic E-state index is 13.8. The van der Waals surface area contributed by atoms with Crippen molar-refractivity contribution in [2.24, 2.45) is 0 Å². The summed E-state index contributed by atoms with van der Waals surface area (Å²) < 4.78 is 24.5. The van der Waals surface area contributed by atoms with Crippen LogP contribution in [-0.2, 0) is 16.1 Å².